The average Bonchev–Trinajstić information content (AvgIpc) is 3.73. The lowest BCUT2D eigenvalue weighted by Crippen LogP contribution is -2.36. The van der Waals surface area contributed by atoms with Crippen molar-refractivity contribution < 1.29 is 13.2 Å². The maximum atomic E-state index is 13.8. The van der Waals surface area contributed by atoms with Crippen LogP contribution in [0.3, 0.4) is 0 Å². The zero-order chi connectivity index (χ0) is 27.5. The van der Waals surface area contributed by atoms with E-state index < -0.39 is 10.0 Å². The van der Waals surface area contributed by atoms with Crippen molar-refractivity contribution in [3.05, 3.63) is 65.5 Å². The standard InChI is InChI=1S/C30H33N5O3S2/c31-21-26-27(24-9-3-1-4-10-24)28-29(32-35(30(28)39-26)40(36,37)25-11-5-2-6-12-25)34-17-13-23(14-18-34)22-38-20-19-33-15-7-8-16-33/h1-6,9-12,23H,7-8,13-20,22H2. The van der Waals surface area contributed by atoms with E-state index in [2.05, 4.69) is 15.9 Å². The van der Waals surface area contributed by atoms with Gasteiger partial charge in [-0.2, -0.15) is 13.7 Å². The lowest BCUT2D eigenvalue weighted by Gasteiger charge is -2.32. The highest BCUT2D eigenvalue weighted by molar-refractivity contribution is 7.90. The molecule has 2 aliphatic heterocycles. The highest BCUT2D eigenvalue weighted by atomic mass is 32.2. The Balaban J connectivity index is 1.30. The fourth-order valence-electron chi connectivity index (χ4n) is 5.74. The maximum absolute atomic E-state index is 13.8. The molecule has 0 unspecified atom stereocenters. The second-order valence-electron chi connectivity index (χ2n) is 10.5. The number of fused-ring (bicyclic) bond motifs is 1. The molecule has 4 heterocycles. The summed E-state index contributed by atoms with van der Waals surface area (Å²) in [5, 5.41) is 15.5. The third-order valence-electron chi connectivity index (χ3n) is 7.92. The summed E-state index contributed by atoms with van der Waals surface area (Å²) in [5.74, 6) is 1.09. The number of nitriles is 1. The molecule has 0 spiro atoms. The third kappa shape index (κ3) is 5.27. The number of aromatic nitrogens is 2. The van der Waals surface area contributed by atoms with Crippen molar-refractivity contribution in [1.82, 2.24) is 14.1 Å². The summed E-state index contributed by atoms with van der Waals surface area (Å²) in [6, 6.07) is 20.4. The minimum Gasteiger partial charge on any atom is -0.380 e. The van der Waals surface area contributed by atoms with Gasteiger partial charge in [-0.15, -0.1) is 20.5 Å². The van der Waals surface area contributed by atoms with Gasteiger partial charge >= 0.3 is 0 Å². The Kier molecular flexibility index (Phi) is 7.89. The van der Waals surface area contributed by atoms with Gasteiger partial charge in [0.15, 0.2) is 5.82 Å². The van der Waals surface area contributed by atoms with E-state index in [4.69, 9.17) is 9.84 Å². The number of nitrogens with zero attached hydrogens (tertiary/aromatic N) is 5. The van der Waals surface area contributed by atoms with Crippen molar-refractivity contribution in [2.75, 3.05) is 50.8 Å². The van der Waals surface area contributed by atoms with Crippen LogP contribution in [0.5, 0.6) is 0 Å². The van der Waals surface area contributed by atoms with E-state index >= 15 is 0 Å². The molecule has 0 atom stereocenters. The second-order valence-corrected chi connectivity index (χ2v) is 13.3. The molecule has 2 aromatic heterocycles. The van der Waals surface area contributed by atoms with Gasteiger partial charge in [-0.1, -0.05) is 48.5 Å². The molecule has 0 radical (unpaired) electrons. The Morgan fingerprint density at radius 1 is 0.975 bits per heavy atom. The van der Waals surface area contributed by atoms with Gasteiger partial charge in [-0.3, -0.25) is 0 Å². The lowest BCUT2D eigenvalue weighted by molar-refractivity contribution is 0.0753. The SMILES string of the molecule is N#Cc1sc2c(c(N3CCC(COCCN4CCCC4)CC3)nn2S(=O)(=O)c2ccccc2)c1-c1ccccc1. The molecule has 2 aliphatic rings. The van der Waals surface area contributed by atoms with Gasteiger partial charge in [-0.05, 0) is 62.4 Å². The molecule has 8 nitrogen and oxygen atoms in total. The molecule has 2 fully saturated rings. The van der Waals surface area contributed by atoms with Crippen molar-refractivity contribution in [2.45, 2.75) is 30.6 Å². The molecule has 0 N–H and O–H groups in total. The summed E-state index contributed by atoms with van der Waals surface area (Å²) in [5.41, 5.74) is 1.63. The van der Waals surface area contributed by atoms with E-state index in [1.54, 1.807) is 30.3 Å². The van der Waals surface area contributed by atoms with Crippen LogP contribution in [0.15, 0.2) is 65.6 Å². The van der Waals surface area contributed by atoms with Crippen molar-refractivity contribution in [3.8, 4) is 17.2 Å². The normalized spacial score (nSPS) is 17.0. The Morgan fingerprint density at radius 3 is 2.33 bits per heavy atom. The van der Waals surface area contributed by atoms with Crippen molar-refractivity contribution in [1.29, 1.82) is 5.26 Å². The fraction of sp³-hybridized carbons (Fsp3) is 0.400. The van der Waals surface area contributed by atoms with E-state index in [0.717, 1.165) is 66.3 Å². The Bertz CT molecular complexity index is 1600. The van der Waals surface area contributed by atoms with Crippen LogP contribution in [0, 0.1) is 17.2 Å². The van der Waals surface area contributed by atoms with Crippen LogP contribution in [0.25, 0.3) is 21.3 Å². The van der Waals surface area contributed by atoms with Gasteiger partial charge in [0.1, 0.15) is 15.8 Å². The van der Waals surface area contributed by atoms with Gasteiger partial charge in [0.05, 0.1) is 16.9 Å². The predicted molar refractivity (Wildman–Crippen MR) is 158 cm³/mol. The van der Waals surface area contributed by atoms with Crippen LogP contribution in [-0.4, -0.2) is 68.4 Å². The number of hydrogen-bond donors (Lipinski definition) is 0. The first-order valence-corrected chi connectivity index (χ1v) is 16.2. The number of likely N-dealkylation sites (tertiary alicyclic amines) is 1. The highest BCUT2D eigenvalue weighted by Crippen LogP contribution is 2.45. The number of thiophene rings is 1. The summed E-state index contributed by atoms with van der Waals surface area (Å²) >= 11 is 1.19. The molecule has 0 saturated carbocycles. The first-order chi connectivity index (χ1) is 19.6. The molecule has 40 heavy (non-hydrogen) atoms. The number of ether oxygens (including phenoxy) is 1. The van der Waals surface area contributed by atoms with Gasteiger partial charge in [-0.25, -0.2) is 0 Å². The number of anilines is 1. The van der Waals surface area contributed by atoms with Crippen LogP contribution in [0.4, 0.5) is 5.82 Å². The number of benzene rings is 2. The number of rotatable bonds is 9. The van der Waals surface area contributed by atoms with E-state index in [9.17, 15) is 13.7 Å². The predicted octanol–water partition coefficient (Wildman–Crippen LogP) is 5.20. The van der Waals surface area contributed by atoms with Crippen LogP contribution in [-0.2, 0) is 14.8 Å². The molecule has 208 valence electrons. The number of piperidine rings is 1. The summed E-state index contributed by atoms with van der Waals surface area (Å²) in [6.07, 6.45) is 4.47. The van der Waals surface area contributed by atoms with Gasteiger partial charge in [0.25, 0.3) is 10.0 Å². The molecule has 0 bridgehead atoms. The highest BCUT2D eigenvalue weighted by Gasteiger charge is 2.32. The number of hydrogen-bond acceptors (Lipinski definition) is 8. The Labute approximate surface area is 239 Å². The first kappa shape index (κ1) is 27.0. The summed E-state index contributed by atoms with van der Waals surface area (Å²) in [7, 11) is -3.95. The molecule has 4 aromatic rings. The molecule has 10 heteroatoms. The van der Waals surface area contributed by atoms with Crippen LogP contribution < -0.4 is 4.90 Å². The van der Waals surface area contributed by atoms with E-state index in [0.29, 0.717) is 21.4 Å². The zero-order valence-corrected chi connectivity index (χ0v) is 24.0. The largest absolute Gasteiger partial charge is 0.380 e. The average molecular weight is 576 g/mol. The minimum absolute atomic E-state index is 0.170. The Morgan fingerprint density at radius 2 is 1.65 bits per heavy atom. The third-order valence-corrected chi connectivity index (χ3v) is 10.7. The second kappa shape index (κ2) is 11.7. The van der Waals surface area contributed by atoms with Crippen LogP contribution in [0.1, 0.15) is 30.6 Å². The van der Waals surface area contributed by atoms with Gasteiger partial charge in [0, 0.05) is 31.8 Å². The van der Waals surface area contributed by atoms with E-state index in [1.165, 1.54) is 37.3 Å². The van der Waals surface area contributed by atoms with Crippen LogP contribution in [0.2, 0.25) is 0 Å². The summed E-state index contributed by atoms with van der Waals surface area (Å²) in [6.45, 7) is 6.40. The summed E-state index contributed by atoms with van der Waals surface area (Å²) < 4.78 is 34.7. The van der Waals surface area contributed by atoms with Crippen molar-refractivity contribution in [3.63, 3.8) is 0 Å². The minimum atomic E-state index is -3.95. The monoisotopic (exact) mass is 575 g/mol. The zero-order valence-electron chi connectivity index (χ0n) is 22.4. The van der Waals surface area contributed by atoms with Gasteiger partial charge in [0.2, 0.25) is 0 Å². The maximum Gasteiger partial charge on any atom is 0.284 e. The van der Waals surface area contributed by atoms with E-state index in [-0.39, 0.29) is 4.90 Å². The Hall–Kier alpha value is -3.23. The molecule has 2 saturated heterocycles. The molecule has 6 rings (SSSR count). The summed E-state index contributed by atoms with van der Waals surface area (Å²) in [4.78, 5) is 5.78. The smallest absolute Gasteiger partial charge is 0.284 e. The molecule has 2 aromatic carbocycles. The van der Waals surface area contributed by atoms with Crippen molar-refractivity contribution >= 4 is 37.4 Å². The fourth-order valence-corrected chi connectivity index (χ4v) is 8.32. The van der Waals surface area contributed by atoms with Crippen LogP contribution >= 0.6 is 11.3 Å². The topological polar surface area (TPSA) is 91.5 Å². The van der Waals surface area contributed by atoms with Crippen molar-refractivity contribution in [2.24, 2.45) is 5.92 Å². The van der Waals surface area contributed by atoms with Gasteiger partial charge < -0.3 is 14.5 Å². The molecular weight excluding hydrogens is 542 g/mol. The molecule has 0 aliphatic carbocycles. The molecule has 0 amide bonds. The molecular formula is C30H33N5O3S2. The quantitative estimate of drug-likeness (QED) is 0.253. The lowest BCUT2D eigenvalue weighted by atomic mass is 9.97. The van der Waals surface area contributed by atoms with E-state index in [1.807, 2.05) is 30.3 Å². The first-order valence-electron chi connectivity index (χ1n) is 13.9.